The van der Waals surface area contributed by atoms with Gasteiger partial charge in [-0.05, 0) is 40.3 Å². The lowest BCUT2D eigenvalue weighted by atomic mass is 10.1. The average Bonchev–Trinajstić information content (AvgIpc) is 2.53. The lowest BCUT2D eigenvalue weighted by molar-refractivity contribution is 1.27. The molecule has 0 aliphatic heterocycles. The number of fused-ring (bicyclic) bond motifs is 1. The molecule has 0 bridgehead atoms. The van der Waals surface area contributed by atoms with Gasteiger partial charge in [0.25, 0.3) is 0 Å². The van der Waals surface area contributed by atoms with Crippen LogP contribution in [0, 0.1) is 14.9 Å². The van der Waals surface area contributed by atoms with Crippen LogP contribution in [0.4, 0.5) is 5.69 Å². The molecule has 2 N–H and O–H groups in total. The van der Waals surface area contributed by atoms with Gasteiger partial charge >= 0.3 is 0 Å². The number of hydrogen-bond donors (Lipinski definition) is 1. The zero-order valence-electron chi connectivity index (χ0n) is 7.25. The Hall–Kier alpha value is -0.800. The molecule has 2 rings (SSSR count). The van der Waals surface area contributed by atoms with Crippen LogP contribution in [0.5, 0.6) is 0 Å². The number of rotatable bonds is 1. The molecule has 2 aromatic rings. The van der Waals surface area contributed by atoms with E-state index in [4.69, 9.17) is 11.0 Å². The molecule has 1 aromatic heterocycles. The van der Waals surface area contributed by atoms with Crippen LogP contribution in [0.25, 0.3) is 10.1 Å². The highest BCUT2D eigenvalue weighted by molar-refractivity contribution is 14.1. The summed E-state index contributed by atoms with van der Waals surface area (Å²) in [6.45, 7) is 0. The first kappa shape index (κ1) is 9.74. The maximum absolute atomic E-state index is 8.74. The molecular formula is C10H7IN2S. The fourth-order valence-corrected chi connectivity index (χ4v) is 2.97. The lowest BCUT2D eigenvalue weighted by Crippen LogP contribution is -1.91. The summed E-state index contributed by atoms with van der Waals surface area (Å²) in [4.78, 5) is 0. The molecule has 14 heavy (non-hydrogen) atoms. The third-order valence-corrected chi connectivity index (χ3v) is 4.05. The molecule has 0 saturated carbocycles. The smallest absolute Gasteiger partial charge is 0.0670 e. The Morgan fingerprint density at radius 2 is 2.29 bits per heavy atom. The van der Waals surface area contributed by atoms with Crippen molar-refractivity contribution in [2.45, 2.75) is 6.42 Å². The van der Waals surface area contributed by atoms with E-state index in [1.165, 1.54) is 0 Å². The van der Waals surface area contributed by atoms with Crippen LogP contribution in [0.1, 0.15) is 5.56 Å². The molecule has 0 saturated heterocycles. The maximum atomic E-state index is 8.74. The number of hydrogen-bond acceptors (Lipinski definition) is 3. The third-order valence-electron chi connectivity index (χ3n) is 2.07. The van der Waals surface area contributed by atoms with Gasteiger partial charge in [0, 0.05) is 19.0 Å². The second-order valence-corrected chi connectivity index (χ2v) is 5.00. The lowest BCUT2D eigenvalue weighted by Gasteiger charge is -2.02. The number of nitriles is 1. The summed E-state index contributed by atoms with van der Waals surface area (Å²) < 4.78 is 2.27. The van der Waals surface area contributed by atoms with Crippen molar-refractivity contribution in [1.82, 2.24) is 0 Å². The van der Waals surface area contributed by atoms with Crippen LogP contribution in [-0.4, -0.2) is 0 Å². The number of nitrogens with zero attached hydrogens (tertiary/aromatic N) is 1. The molecule has 0 aliphatic rings. The standard InChI is InChI=1S/C10H7IN2S/c11-7-1-2-9-10(6(7)3-4-12)8(13)5-14-9/h1-2,5H,3,13H2. The van der Waals surface area contributed by atoms with Crippen LogP contribution in [0.2, 0.25) is 0 Å². The fourth-order valence-electron chi connectivity index (χ4n) is 1.45. The molecule has 0 spiro atoms. The van der Waals surface area contributed by atoms with E-state index in [1.54, 1.807) is 11.3 Å². The summed E-state index contributed by atoms with van der Waals surface area (Å²) in [7, 11) is 0. The van der Waals surface area contributed by atoms with E-state index in [0.29, 0.717) is 6.42 Å². The van der Waals surface area contributed by atoms with Gasteiger partial charge < -0.3 is 5.73 Å². The van der Waals surface area contributed by atoms with Crippen molar-refractivity contribution < 1.29 is 0 Å². The zero-order chi connectivity index (χ0) is 10.1. The SMILES string of the molecule is N#CCc1c(I)ccc2scc(N)c12. The van der Waals surface area contributed by atoms with Gasteiger partial charge in [-0.25, -0.2) is 0 Å². The minimum absolute atomic E-state index is 0.427. The first-order valence-corrected chi connectivity index (χ1v) is 6.01. The van der Waals surface area contributed by atoms with Crippen LogP contribution < -0.4 is 5.73 Å². The predicted octanol–water partition coefficient (Wildman–Crippen LogP) is 3.15. The Kier molecular flexibility index (Phi) is 2.61. The van der Waals surface area contributed by atoms with Crippen LogP contribution in [0.3, 0.4) is 0 Å². The summed E-state index contributed by atoms with van der Waals surface area (Å²) >= 11 is 3.87. The number of halogens is 1. The van der Waals surface area contributed by atoms with Gasteiger partial charge in [0.1, 0.15) is 0 Å². The van der Waals surface area contributed by atoms with Crippen molar-refractivity contribution in [2.24, 2.45) is 0 Å². The second-order valence-electron chi connectivity index (χ2n) is 2.93. The Balaban J connectivity index is 2.81. The second kappa shape index (κ2) is 3.75. The van der Waals surface area contributed by atoms with Crippen molar-refractivity contribution in [3.05, 3.63) is 26.6 Å². The Labute approximate surface area is 99.5 Å². The van der Waals surface area contributed by atoms with Crippen molar-refractivity contribution in [2.75, 3.05) is 5.73 Å². The Bertz CT molecular complexity index is 525. The molecule has 70 valence electrons. The molecule has 0 unspecified atom stereocenters. The predicted molar refractivity (Wildman–Crippen MR) is 68.3 cm³/mol. The number of nitrogens with two attached hydrogens (primary N) is 1. The van der Waals surface area contributed by atoms with E-state index >= 15 is 0 Å². The van der Waals surface area contributed by atoms with Gasteiger partial charge in [0.05, 0.1) is 18.2 Å². The van der Waals surface area contributed by atoms with Gasteiger partial charge in [0.15, 0.2) is 0 Å². The van der Waals surface area contributed by atoms with E-state index in [0.717, 1.165) is 24.9 Å². The minimum atomic E-state index is 0.427. The van der Waals surface area contributed by atoms with Crippen LogP contribution >= 0.6 is 33.9 Å². The van der Waals surface area contributed by atoms with Crippen molar-refractivity contribution in [3.63, 3.8) is 0 Å². The first-order valence-electron chi connectivity index (χ1n) is 4.05. The Morgan fingerprint density at radius 1 is 1.50 bits per heavy atom. The van der Waals surface area contributed by atoms with E-state index in [2.05, 4.69) is 34.7 Å². The molecule has 0 atom stereocenters. The van der Waals surface area contributed by atoms with Crippen molar-refractivity contribution in [1.29, 1.82) is 5.26 Å². The largest absolute Gasteiger partial charge is 0.398 e. The van der Waals surface area contributed by atoms with Crippen molar-refractivity contribution >= 4 is 49.7 Å². The van der Waals surface area contributed by atoms with E-state index in [1.807, 2.05) is 11.4 Å². The highest BCUT2D eigenvalue weighted by Crippen LogP contribution is 2.33. The van der Waals surface area contributed by atoms with Gasteiger partial charge in [-0.3, -0.25) is 0 Å². The number of nitrogen functional groups attached to an aromatic ring is 1. The van der Waals surface area contributed by atoms with Gasteiger partial charge in [-0.2, -0.15) is 5.26 Å². The summed E-state index contributed by atoms with van der Waals surface area (Å²) in [5.41, 5.74) is 7.72. The van der Waals surface area contributed by atoms with Crippen molar-refractivity contribution in [3.8, 4) is 6.07 Å². The molecule has 0 radical (unpaired) electrons. The summed E-state index contributed by atoms with van der Waals surface area (Å²) in [5.74, 6) is 0. The topological polar surface area (TPSA) is 49.8 Å². The number of thiophene rings is 1. The van der Waals surface area contributed by atoms with Crippen LogP contribution in [0.15, 0.2) is 17.5 Å². The van der Waals surface area contributed by atoms with E-state index in [-0.39, 0.29) is 0 Å². The molecule has 0 fully saturated rings. The highest BCUT2D eigenvalue weighted by atomic mass is 127. The molecule has 4 heteroatoms. The summed E-state index contributed by atoms with van der Waals surface area (Å²) in [6.07, 6.45) is 0.427. The molecule has 0 amide bonds. The number of benzene rings is 1. The van der Waals surface area contributed by atoms with E-state index in [9.17, 15) is 0 Å². The monoisotopic (exact) mass is 314 g/mol. The highest BCUT2D eigenvalue weighted by Gasteiger charge is 2.09. The quantitative estimate of drug-likeness (QED) is 0.822. The zero-order valence-corrected chi connectivity index (χ0v) is 10.2. The summed E-state index contributed by atoms with van der Waals surface area (Å²) in [6, 6.07) is 6.27. The van der Waals surface area contributed by atoms with Gasteiger partial charge in [-0.15, -0.1) is 11.3 Å². The Morgan fingerprint density at radius 3 is 3.00 bits per heavy atom. The first-order chi connectivity index (χ1) is 6.74. The van der Waals surface area contributed by atoms with Gasteiger partial charge in [0.2, 0.25) is 0 Å². The normalized spacial score (nSPS) is 10.3. The van der Waals surface area contributed by atoms with Gasteiger partial charge in [-0.1, -0.05) is 0 Å². The molecule has 2 nitrogen and oxygen atoms in total. The van der Waals surface area contributed by atoms with Crippen LogP contribution in [-0.2, 0) is 6.42 Å². The number of anilines is 1. The van der Waals surface area contributed by atoms with E-state index < -0.39 is 0 Å². The minimum Gasteiger partial charge on any atom is -0.398 e. The molecular weight excluding hydrogens is 307 g/mol. The molecule has 1 heterocycles. The average molecular weight is 314 g/mol. The fraction of sp³-hybridized carbons (Fsp3) is 0.100. The maximum Gasteiger partial charge on any atom is 0.0670 e. The molecule has 1 aromatic carbocycles. The summed E-state index contributed by atoms with van der Waals surface area (Å²) in [5, 5.41) is 11.7. The molecule has 0 aliphatic carbocycles. The third kappa shape index (κ3) is 1.47.